The summed E-state index contributed by atoms with van der Waals surface area (Å²) >= 11 is 3.40. The number of halogens is 2. The van der Waals surface area contributed by atoms with E-state index < -0.39 is 27.3 Å². The Labute approximate surface area is 191 Å². The molecule has 0 atom stereocenters. The predicted molar refractivity (Wildman–Crippen MR) is 124 cm³/mol. The van der Waals surface area contributed by atoms with Gasteiger partial charge in [0.05, 0.1) is 12.8 Å². The van der Waals surface area contributed by atoms with E-state index in [0.717, 1.165) is 6.26 Å². The molecule has 164 valence electrons. The number of hydrogen-bond acceptors (Lipinski definition) is 4. The van der Waals surface area contributed by atoms with Crippen LogP contribution in [0.4, 0.5) is 4.39 Å². The molecule has 2 aromatic heterocycles. The lowest BCUT2D eigenvalue weighted by atomic mass is 10.0. The van der Waals surface area contributed by atoms with Crippen LogP contribution in [-0.2, 0) is 16.6 Å². The van der Waals surface area contributed by atoms with Crippen LogP contribution in [0, 0.1) is 5.82 Å². The van der Waals surface area contributed by atoms with Crippen molar-refractivity contribution in [2.75, 3.05) is 6.26 Å². The summed E-state index contributed by atoms with van der Waals surface area (Å²) in [5, 5.41) is 0.533. The predicted octanol–water partition coefficient (Wildman–Crippen LogP) is 3.64. The van der Waals surface area contributed by atoms with Gasteiger partial charge in [-0.25, -0.2) is 17.5 Å². The smallest absolute Gasteiger partial charge is 0.282 e. The maximum atomic E-state index is 14.5. The summed E-state index contributed by atoms with van der Waals surface area (Å²) in [6.45, 7) is -0.0535. The highest BCUT2D eigenvalue weighted by Gasteiger charge is 2.27. The number of fused-ring (bicyclic) bond motifs is 1. The minimum atomic E-state index is -3.91. The number of rotatable bonds is 5. The highest BCUT2D eigenvalue weighted by Crippen LogP contribution is 2.36. The van der Waals surface area contributed by atoms with Gasteiger partial charge in [-0.2, -0.15) is 0 Å². The molecule has 0 aliphatic rings. The average molecular weight is 518 g/mol. The van der Waals surface area contributed by atoms with Gasteiger partial charge in [-0.1, -0.05) is 34.1 Å². The zero-order chi connectivity index (χ0) is 23.0. The van der Waals surface area contributed by atoms with E-state index >= 15 is 0 Å². The Balaban J connectivity index is 2.10. The van der Waals surface area contributed by atoms with Gasteiger partial charge in [-0.05, 0) is 36.4 Å². The average Bonchev–Trinajstić information content (AvgIpc) is 3.02. The van der Waals surface area contributed by atoms with Crippen molar-refractivity contribution in [1.29, 1.82) is 0 Å². The molecular formula is C22H17BrFN3O4S. The van der Waals surface area contributed by atoms with Crippen LogP contribution in [0.15, 0.2) is 70.1 Å². The van der Waals surface area contributed by atoms with Gasteiger partial charge in [0.15, 0.2) is 0 Å². The van der Waals surface area contributed by atoms with Crippen LogP contribution >= 0.6 is 15.9 Å². The molecule has 0 saturated carbocycles. The van der Waals surface area contributed by atoms with Crippen molar-refractivity contribution in [3.05, 3.63) is 92.7 Å². The lowest BCUT2D eigenvalue weighted by molar-refractivity contribution is 0.0974. The van der Waals surface area contributed by atoms with Gasteiger partial charge in [0, 0.05) is 38.3 Å². The third-order valence-corrected chi connectivity index (χ3v) is 5.94. The van der Waals surface area contributed by atoms with Gasteiger partial charge in [0.1, 0.15) is 11.5 Å². The van der Waals surface area contributed by atoms with Crippen LogP contribution < -0.4 is 10.3 Å². The van der Waals surface area contributed by atoms with Crippen molar-refractivity contribution in [3.63, 3.8) is 0 Å². The van der Waals surface area contributed by atoms with E-state index in [1.165, 1.54) is 16.8 Å². The van der Waals surface area contributed by atoms with Crippen molar-refractivity contribution in [2.45, 2.75) is 6.54 Å². The summed E-state index contributed by atoms with van der Waals surface area (Å²) in [6.07, 6.45) is 2.32. The molecule has 4 rings (SSSR count). The molecule has 0 unspecified atom stereocenters. The largest absolute Gasteiger partial charge is 0.331 e. The topological polar surface area (TPSA) is 101 Å². The molecule has 0 aliphatic heterocycles. The highest BCUT2D eigenvalue weighted by atomic mass is 79.9. The van der Waals surface area contributed by atoms with E-state index in [0.29, 0.717) is 20.9 Å². The lowest BCUT2D eigenvalue weighted by Gasteiger charge is -2.13. The number of sulfonamides is 1. The van der Waals surface area contributed by atoms with E-state index in [1.54, 1.807) is 48.5 Å². The van der Waals surface area contributed by atoms with Crippen molar-refractivity contribution in [2.24, 2.45) is 0 Å². The van der Waals surface area contributed by atoms with E-state index in [1.807, 2.05) is 4.72 Å². The first-order valence-electron chi connectivity index (χ1n) is 9.41. The number of carbonyl (C=O) groups excluding carboxylic acids is 1. The maximum absolute atomic E-state index is 14.5. The number of hydrogen-bond donors (Lipinski definition) is 2. The molecule has 0 bridgehead atoms. The summed E-state index contributed by atoms with van der Waals surface area (Å²) in [7, 11) is -3.91. The Morgan fingerprint density at radius 3 is 2.59 bits per heavy atom. The van der Waals surface area contributed by atoms with E-state index in [9.17, 15) is 22.4 Å². The van der Waals surface area contributed by atoms with E-state index in [4.69, 9.17) is 0 Å². The number of nitrogens with one attached hydrogen (secondary N) is 2. The quantitative estimate of drug-likeness (QED) is 0.422. The molecule has 10 heteroatoms. The Bertz CT molecular complexity index is 1530. The molecule has 1 amide bonds. The molecule has 0 spiro atoms. The van der Waals surface area contributed by atoms with Crippen LogP contribution in [0.1, 0.15) is 16.1 Å². The minimum Gasteiger partial charge on any atom is -0.331 e. The minimum absolute atomic E-state index is 0.0535. The number of benzene rings is 2. The Kier molecular flexibility index (Phi) is 5.74. The Morgan fingerprint density at radius 2 is 1.91 bits per heavy atom. The molecule has 32 heavy (non-hydrogen) atoms. The number of aromatic amines is 1. The fourth-order valence-corrected chi connectivity index (χ4v) is 4.43. The normalized spacial score (nSPS) is 11.6. The van der Waals surface area contributed by atoms with Gasteiger partial charge >= 0.3 is 0 Å². The Morgan fingerprint density at radius 1 is 1.16 bits per heavy atom. The summed E-state index contributed by atoms with van der Waals surface area (Å²) in [4.78, 5) is 28.4. The zero-order valence-corrected chi connectivity index (χ0v) is 19.1. The monoisotopic (exact) mass is 517 g/mol. The molecule has 0 aliphatic carbocycles. The van der Waals surface area contributed by atoms with Gasteiger partial charge in [-0.15, -0.1) is 0 Å². The third kappa shape index (κ3) is 4.23. The first-order valence-corrected chi connectivity index (χ1v) is 12.1. The van der Waals surface area contributed by atoms with Gasteiger partial charge in [-0.3, -0.25) is 9.59 Å². The summed E-state index contributed by atoms with van der Waals surface area (Å²) in [5.41, 5.74) is 0.749. The van der Waals surface area contributed by atoms with Crippen LogP contribution in [0.5, 0.6) is 0 Å². The SMILES string of the molecule is CS(=O)(=O)NC(=O)c1c(-c2ccc[nH]c2=O)c2cc(Br)ccc2n1Cc1ccccc1F. The molecular weight excluding hydrogens is 501 g/mol. The molecule has 2 N–H and O–H groups in total. The molecule has 0 radical (unpaired) electrons. The highest BCUT2D eigenvalue weighted by molar-refractivity contribution is 9.10. The second-order valence-corrected chi connectivity index (χ2v) is 9.84. The van der Waals surface area contributed by atoms with E-state index in [-0.39, 0.29) is 23.4 Å². The standard InChI is InChI=1S/C22H17BrFN3O4S/c1-32(30,31)26-22(29)20-19(15-6-4-10-25-21(15)28)16-11-14(23)8-9-18(16)27(20)12-13-5-2-3-7-17(13)24/h2-11H,12H2,1H3,(H,25,28)(H,26,29). The number of carbonyl (C=O) groups is 1. The second-order valence-electron chi connectivity index (χ2n) is 7.18. The van der Waals surface area contributed by atoms with Crippen LogP contribution in [0.3, 0.4) is 0 Å². The number of nitrogens with zero attached hydrogens (tertiary/aromatic N) is 1. The molecule has 2 heterocycles. The number of amides is 1. The van der Waals surface area contributed by atoms with Crippen molar-refractivity contribution < 1.29 is 17.6 Å². The summed E-state index contributed by atoms with van der Waals surface area (Å²) in [6, 6.07) is 14.4. The van der Waals surface area contributed by atoms with Gasteiger partial charge < -0.3 is 9.55 Å². The van der Waals surface area contributed by atoms with Crippen LogP contribution in [0.25, 0.3) is 22.0 Å². The first-order chi connectivity index (χ1) is 15.2. The fraction of sp³-hybridized carbons (Fsp3) is 0.0909. The molecule has 0 fully saturated rings. The first kappa shape index (κ1) is 22.0. The molecule has 7 nitrogen and oxygen atoms in total. The van der Waals surface area contributed by atoms with E-state index in [2.05, 4.69) is 20.9 Å². The summed E-state index contributed by atoms with van der Waals surface area (Å²) < 4.78 is 42.3. The lowest BCUT2D eigenvalue weighted by Crippen LogP contribution is -2.32. The number of H-pyrrole nitrogens is 1. The third-order valence-electron chi connectivity index (χ3n) is 4.89. The second kappa shape index (κ2) is 8.36. The van der Waals surface area contributed by atoms with Crippen LogP contribution in [0.2, 0.25) is 0 Å². The zero-order valence-electron chi connectivity index (χ0n) is 16.7. The Hall–Kier alpha value is -3.24. The van der Waals surface area contributed by atoms with Gasteiger partial charge in [0.2, 0.25) is 10.0 Å². The van der Waals surface area contributed by atoms with Crippen molar-refractivity contribution >= 4 is 42.8 Å². The maximum Gasteiger partial charge on any atom is 0.282 e. The fourth-order valence-electron chi connectivity index (χ4n) is 3.63. The molecule has 0 saturated heterocycles. The van der Waals surface area contributed by atoms with Crippen LogP contribution in [-0.4, -0.2) is 30.1 Å². The van der Waals surface area contributed by atoms with Crippen molar-refractivity contribution in [1.82, 2.24) is 14.3 Å². The molecule has 2 aromatic carbocycles. The van der Waals surface area contributed by atoms with Crippen molar-refractivity contribution in [3.8, 4) is 11.1 Å². The van der Waals surface area contributed by atoms with Gasteiger partial charge in [0.25, 0.3) is 11.5 Å². The summed E-state index contributed by atoms with van der Waals surface area (Å²) in [5.74, 6) is -1.39. The molecule has 4 aromatic rings. The number of pyridine rings is 1. The number of aromatic nitrogens is 2.